The monoisotopic (exact) mass is 404 g/mol. The van der Waals surface area contributed by atoms with Crippen molar-refractivity contribution in [2.24, 2.45) is 11.3 Å². The Bertz CT molecular complexity index is 930. The summed E-state index contributed by atoms with van der Waals surface area (Å²) in [6, 6.07) is 17.1. The van der Waals surface area contributed by atoms with Crippen LogP contribution < -0.4 is 5.32 Å². The summed E-state index contributed by atoms with van der Waals surface area (Å²) in [5.74, 6) is 0.505. The van der Waals surface area contributed by atoms with Crippen molar-refractivity contribution in [1.29, 1.82) is 0 Å². The Kier molecular flexibility index (Phi) is 5.68. The van der Waals surface area contributed by atoms with Crippen molar-refractivity contribution >= 4 is 11.8 Å². The van der Waals surface area contributed by atoms with Crippen molar-refractivity contribution in [2.75, 3.05) is 13.1 Å². The molecule has 158 valence electrons. The highest BCUT2D eigenvalue weighted by Gasteiger charge is 2.48. The van der Waals surface area contributed by atoms with Crippen LogP contribution in [-0.4, -0.2) is 35.8 Å². The number of amides is 2. The van der Waals surface area contributed by atoms with E-state index in [1.807, 2.05) is 18.7 Å². The van der Waals surface area contributed by atoms with Gasteiger partial charge in [-0.1, -0.05) is 54.1 Å². The molecule has 1 aliphatic carbocycles. The van der Waals surface area contributed by atoms with E-state index < -0.39 is 5.41 Å². The summed E-state index contributed by atoms with van der Waals surface area (Å²) in [4.78, 5) is 27.9. The van der Waals surface area contributed by atoms with Crippen molar-refractivity contribution in [3.8, 4) is 11.1 Å². The van der Waals surface area contributed by atoms with E-state index in [9.17, 15) is 9.59 Å². The predicted molar refractivity (Wildman–Crippen MR) is 120 cm³/mol. The van der Waals surface area contributed by atoms with Crippen molar-refractivity contribution in [2.45, 2.75) is 52.5 Å². The molecule has 2 aliphatic rings. The third kappa shape index (κ3) is 4.43. The van der Waals surface area contributed by atoms with Crippen LogP contribution in [0.1, 0.15) is 44.2 Å². The molecule has 1 saturated carbocycles. The van der Waals surface area contributed by atoms with Gasteiger partial charge < -0.3 is 10.2 Å². The second-order valence-electron chi connectivity index (χ2n) is 9.44. The average molecular weight is 405 g/mol. The fraction of sp³-hybridized carbons (Fsp3) is 0.462. The fourth-order valence-electron chi connectivity index (χ4n) is 4.47. The van der Waals surface area contributed by atoms with E-state index in [-0.39, 0.29) is 23.8 Å². The van der Waals surface area contributed by atoms with Crippen LogP contribution in [0.3, 0.4) is 0 Å². The molecule has 0 bridgehead atoms. The van der Waals surface area contributed by atoms with Crippen LogP contribution in [0.5, 0.6) is 0 Å². The first kappa shape index (κ1) is 20.6. The smallest absolute Gasteiger partial charge is 0.228 e. The Hall–Kier alpha value is -2.62. The standard InChI is InChI=1S/C26H32N2O2/c1-18(2)27-25(30)26(13-14-28(17-26)24(29)22-11-12-22)16-20-5-4-6-23(15-20)21-9-7-19(3)8-10-21/h4-10,15,18,22H,11-14,16-17H2,1-3H3,(H,27,30)/t26-/m1/s1. The number of carbonyl (C=O) groups is 2. The molecule has 0 spiro atoms. The van der Waals surface area contributed by atoms with Crippen molar-refractivity contribution in [1.82, 2.24) is 10.2 Å². The van der Waals surface area contributed by atoms with Crippen molar-refractivity contribution in [3.63, 3.8) is 0 Å². The van der Waals surface area contributed by atoms with E-state index in [0.29, 0.717) is 19.5 Å². The lowest BCUT2D eigenvalue weighted by molar-refractivity contribution is -0.134. The molecule has 0 aromatic heterocycles. The zero-order valence-corrected chi connectivity index (χ0v) is 18.3. The van der Waals surface area contributed by atoms with Gasteiger partial charge in [-0.05, 0) is 63.1 Å². The van der Waals surface area contributed by atoms with Gasteiger partial charge in [0.2, 0.25) is 11.8 Å². The molecule has 4 heteroatoms. The summed E-state index contributed by atoms with van der Waals surface area (Å²) in [6.07, 6.45) is 3.37. The van der Waals surface area contributed by atoms with Gasteiger partial charge >= 0.3 is 0 Å². The number of hydrogen-bond donors (Lipinski definition) is 1. The van der Waals surface area contributed by atoms with Crippen LogP contribution in [0.4, 0.5) is 0 Å². The highest BCUT2D eigenvalue weighted by Crippen LogP contribution is 2.39. The number of likely N-dealkylation sites (tertiary alicyclic amines) is 1. The van der Waals surface area contributed by atoms with Gasteiger partial charge in [-0.2, -0.15) is 0 Å². The SMILES string of the molecule is Cc1ccc(-c2cccc(C[C@]3(C(=O)NC(C)C)CCN(C(=O)C4CC4)C3)c2)cc1. The Morgan fingerprint density at radius 3 is 2.50 bits per heavy atom. The Morgan fingerprint density at radius 2 is 1.83 bits per heavy atom. The molecule has 2 aromatic carbocycles. The molecule has 2 amide bonds. The van der Waals surface area contributed by atoms with Gasteiger partial charge in [0, 0.05) is 25.0 Å². The predicted octanol–water partition coefficient (Wildman–Crippen LogP) is 4.36. The van der Waals surface area contributed by atoms with E-state index in [1.54, 1.807) is 0 Å². The maximum Gasteiger partial charge on any atom is 0.228 e. The lowest BCUT2D eigenvalue weighted by Crippen LogP contribution is -2.47. The van der Waals surface area contributed by atoms with Gasteiger partial charge in [-0.15, -0.1) is 0 Å². The highest BCUT2D eigenvalue weighted by molar-refractivity contribution is 5.87. The lowest BCUT2D eigenvalue weighted by Gasteiger charge is -2.29. The molecule has 1 saturated heterocycles. The molecule has 4 rings (SSSR count). The zero-order chi connectivity index (χ0) is 21.3. The van der Waals surface area contributed by atoms with Crippen molar-refractivity contribution in [3.05, 3.63) is 59.7 Å². The summed E-state index contributed by atoms with van der Waals surface area (Å²) < 4.78 is 0. The largest absolute Gasteiger partial charge is 0.353 e. The fourth-order valence-corrected chi connectivity index (χ4v) is 4.47. The van der Waals surface area contributed by atoms with Crippen LogP contribution in [0.15, 0.2) is 48.5 Å². The Labute approximate surface area is 179 Å². The first-order valence-electron chi connectivity index (χ1n) is 11.1. The molecule has 30 heavy (non-hydrogen) atoms. The number of hydrogen-bond acceptors (Lipinski definition) is 2. The topological polar surface area (TPSA) is 49.4 Å². The van der Waals surface area contributed by atoms with Crippen LogP contribution in [-0.2, 0) is 16.0 Å². The third-order valence-electron chi connectivity index (χ3n) is 6.35. The van der Waals surface area contributed by atoms with Gasteiger partial charge in [0.05, 0.1) is 5.41 Å². The summed E-state index contributed by atoms with van der Waals surface area (Å²) in [7, 11) is 0. The molecule has 1 N–H and O–H groups in total. The molecule has 1 heterocycles. The first-order valence-corrected chi connectivity index (χ1v) is 11.1. The molecular formula is C26H32N2O2. The molecule has 1 atom stereocenters. The maximum atomic E-state index is 13.3. The second kappa shape index (κ2) is 8.25. The number of nitrogens with one attached hydrogen (secondary N) is 1. The van der Waals surface area contributed by atoms with E-state index >= 15 is 0 Å². The minimum Gasteiger partial charge on any atom is -0.353 e. The zero-order valence-electron chi connectivity index (χ0n) is 18.3. The van der Waals surface area contributed by atoms with Crippen LogP contribution in [0.25, 0.3) is 11.1 Å². The molecule has 4 nitrogen and oxygen atoms in total. The third-order valence-corrected chi connectivity index (χ3v) is 6.35. The first-order chi connectivity index (χ1) is 14.4. The Balaban J connectivity index is 1.59. The van der Waals surface area contributed by atoms with Gasteiger partial charge in [0.15, 0.2) is 0 Å². The number of carbonyl (C=O) groups excluding carboxylic acids is 2. The van der Waals surface area contributed by atoms with Crippen LogP contribution >= 0.6 is 0 Å². The summed E-state index contributed by atoms with van der Waals surface area (Å²) in [5.41, 5.74) is 4.18. The van der Waals surface area contributed by atoms with Gasteiger partial charge in [-0.3, -0.25) is 9.59 Å². The lowest BCUT2D eigenvalue weighted by atomic mass is 9.79. The van der Waals surface area contributed by atoms with E-state index in [1.165, 1.54) is 11.1 Å². The molecule has 0 radical (unpaired) electrons. The summed E-state index contributed by atoms with van der Waals surface area (Å²) in [5, 5.41) is 3.13. The van der Waals surface area contributed by atoms with E-state index in [0.717, 1.165) is 30.4 Å². The van der Waals surface area contributed by atoms with Gasteiger partial charge in [0.25, 0.3) is 0 Å². The number of benzene rings is 2. The Morgan fingerprint density at radius 1 is 1.10 bits per heavy atom. The quantitative estimate of drug-likeness (QED) is 0.778. The van der Waals surface area contributed by atoms with E-state index in [2.05, 4.69) is 60.8 Å². The minimum absolute atomic E-state index is 0.0735. The molecule has 1 aliphatic heterocycles. The number of aryl methyl sites for hydroxylation is 1. The second-order valence-corrected chi connectivity index (χ2v) is 9.44. The molecule has 2 aromatic rings. The number of nitrogens with zero attached hydrogens (tertiary/aromatic N) is 1. The maximum absolute atomic E-state index is 13.3. The minimum atomic E-state index is -0.555. The normalized spacial score (nSPS) is 21.1. The van der Waals surface area contributed by atoms with Crippen molar-refractivity contribution < 1.29 is 9.59 Å². The summed E-state index contributed by atoms with van der Waals surface area (Å²) in [6.45, 7) is 7.28. The highest BCUT2D eigenvalue weighted by atomic mass is 16.2. The molecule has 0 unspecified atom stereocenters. The van der Waals surface area contributed by atoms with Gasteiger partial charge in [-0.25, -0.2) is 0 Å². The summed E-state index contributed by atoms with van der Waals surface area (Å²) >= 11 is 0. The molecule has 2 fully saturated rings. The van der Waals surface area contributed by atoms with Gasteiger partial charge in [0.1, 0.15) is 0 Å². The van der Waals surface area contributed by atoms with Crippen LogP contribution in [0.2, 0.25) is 0 Å². The molecular weight excluding hydrogens is 372 g/mol. The average Bonchev–Trinajstić information content (AvgIpc) is 3.48. The number of rotatable bonds is 6. The van der Waals surface area contributed by atoms with E-state index in [4.69, 9.17) is 0 Å². The van der Waals surface area contributed by atoms with Crippen LogP contribution in [0, 0.1) is 18.3 Å².